The van der Waals surface area contributed by atoms with Crippen LogP contribution in [0.3, 0.4) is 0 Å². The lowest BCUT2D eigenvalue weighted by molar-refractivity contribution is 0.579. The fraction of sp³-hybridized carbons (Fsp3) is 0.857. The highest BCUT2D eigenvalue weighted by Crippen LogP contribution is 2.32. The number of nitrogens with zero attached hydrogens (tertiary/aromatic N) is 1. The molecule has 2 nitrogen and oxygen atoms in total. The third-order valence-corrected chi connectivity index (χ3v) is 1.70. The summed E-state index contributed by atoms with van der Waals surface area (Å²) in [7, 11) is 0. The number of aliphatic imine (C=N–C) groups is 1. The van der Waals surface area contributed by atoms with Crippen molar-refractivity contribution >= 4 is 6.72 Å². The third-order valence-electron chi connectivity index (χ3n) is 1.70. The van der Waals surface area contributed by atoms with E-state index in [0.717, 1.165) is 18.9 Å². The van der Waals surface area contributed by atoms with Crippen LogP contribution in [0.1, 0.15) is 19.3 Å². The van der Waals surface area contributed by atoms with E-state index in [0.29, 0.717) is 0 Å². The van der Waals surface area contributed by atoms with E-state index in [4.69, 9.17) is 5.73 Å². The molecule has 0 bridgehead atoms. The minimum Gasteiger partial charge on any atom is -0.326 e. The summed E-state index contributed by atoms with van der Waals surface area (Å²) in [5.74, 6) is 0.918. The molecule has 0 aromatic heterocycles. The average molecular weight is 126 g/mol. The Balaban J connectivity index is 2.01. The Kier molecular flexibility index (Phi) is 2.22. The van der Waals surface area contributed by atoms with Crippen LogP contribution in [0.5, 0.6) is 0 Å². The molecule has 0 radical (unpaired) electrons. The summed E-state index contributed by atoms with van der Waals surface area (Å²) in [5, 5.41) is 0. The van der Waals surface area contributed by atoms with Crippen LogP contribution in [0.2, 0.25) is 0 Å². The van der Waals surface area contributed by atoms with Gasteiger partial charge in [0.1, 0.15) is 0 Å². The maximum atomic E-state index is 5.69. The van der Waals surface area contributed by atoms with Crippen molar-refractivity contribution in [2.45, 2.75) is 25.3 Å². The number of hydrogen-bond acceptors (Lipinski definition) is 2. The monoisotopic (exact) mass is 126 g/mol. The maximum Gasteiger partial charge on any atom is 0.0533 e. The number of nitrogens with two attached hydrogens (primary N) is 1. The van der Waals surface area contributed by atoms with Crippen molar-refractivity contribution in [3.8, 4) is 0 Å². The molecule has 1 saturated carbocycles. The van der Waals surface area contributed by atoms with Gasteiger partial charge in [-0.1, -0.05) is 12.8 Å². The van der Waals surface area contributed by atoms with Crippen LogP contribution in [0, 0.1) is 5.92 Å². The predicted molar refractivity (Wildman–Crippen MR) is 39.7 cm³/mol. The lowest BCUT2D eigenvalue weighted by atomic mass is 10.1. The van der Waals surface area contributed by atoms with Crippen molar-refractivity contribution in [2.24, 2.45) is 16.6 Å². The molecule has 0 aliphatic heterocycles. The highest BCUT2D eigenvalue weighted by atomic mass is 14.8. The van der Waals surface area contributed by atoms with Gasteiger partial charge < -0.3 is 5.73 Å². The largest absolute Gasteiger partial charge is 0.326 e. The van der Waals surface area contributed by atoms with Gasteiger partial charge in [-0.05, 0) is 19.1 Å². The smallest absolute Gasteiger partial charge is 0.0533 e. The van der Waals surface area contributed by atoms with E-state index in [1.807, 2.05) is 0 Å². The molecule has 0 aromatic carbocycles. The van der Waals surface area contributed by atoms with Crippen LogP contribution < -0.4 is 5.73 Å². The summed E-state index contributed by atoms with van der Waals surface area (Å²) >= 11 is 0. The molecular formula is C7H14N2. The molecule has 1 rings (SSSR count). The second-order valence-electron chi connectivity index (χ2n) is 2.85. The van der Waals surface area contributed by atoms with Crippen LogP contribution in [-0.4, -0.2) is 19.3 Å². The first kappa shape index (κ1) is 6.75. The van der Waals surface area contributed by atoms with Crippen molar-refractivity contribution in [3.63, 3.8) is 0 Å². The van der Waals surface area contributed by atoms with Crippen molar-refractivity contribution in [1.29, 1.82) is 0 Å². The summed E-state index contributed by atoms with van der Waals surface area (Å²) in [6.07, 6.45) is 3.91. The number of rotatable bonds is 4. The Morgan fingerprint density at radius 3 is 2.78 bits per heavy atom. The Labute approximate surface area is 56.2 Å². The standard InChI is InChI=1S/C7H14N2/c1-9-5-7(8)4-6-2-3-6/h6-7H,1-5,8H2. The third kappa shape index (κ3) is 2.61. The van der Waals surface area contributed by atoms with Gasteiger partial charge in [0.2, 0.25) is 0 Å². The quantitative estimate of drug-likeness (QED) is 0.556. The number of hydrogen-bond donors (Lipinski definition) is 1. The molecule has 0 aromatic rings. The van der Waals surface area contributed by atoms with Gasteiger partial charge in [0, 0.05) is 6.04 Å². The molecule has 9 heavy (non-hydrogen) atoms. The Morgan fingerprint density at radius 2 is 2.33 bits per heavy atom. The predicted octanol–water partition coefficient (Wildman–Crippen LogP) is 0.814. The molecule has 1 fully saturated rings. The Morgan fingerprint density at radius 1 is 1.67 bits per heavy atom. The second kappa shape index (κ2) is 2.97. The van der Waals surface area contributed by atoms with E-state index < -0.39 is 0 Å². The summed E-state index contributed by atoms with van der Waals surface area (Å²) in [6, 6.07) is 0.273. The second-order valence-corrected chi connectivity index (χ2v) is 2.85. The van der Waals surface area contributed by atoms with Gasteiger partial charge in [0.15, 0.2) is 0 Å². The normalized spacial score (nSPS) is 21.4. The van der Waals surface area contributed by atoms with E-state index in [2.05, 4.69) is 11.7 Å². The van der Waals surface area contributed by atoms with Crippen molar-refractivity contribution in [3.05, 3.63) is 0 Å². The summed E-state index contributed by atoms with van der Waals surface area (Å²) < 4.78 is 0. The van der Waals surface area contributed by atoms with Crippen LogP contribution in [-0.2, 0) is 0 Å². The highest BCUT2D eigenvalue weighted by molar-refractivity contribution is 5.23. The van der Waals surface area contributed by atoms with Crippen molar-refractivity contribution < 1.29 is 0 Å². The molecule has 0 saturated heterocycles. The van der Waals surface area contributed by atoms with E-state index in [9.17, 15) is 0 Å². The SMILES string of the molecule is C=NCC(N)CC1CC1. The fourth-order valence-corrected chi connectivity index (χ4v) is 1.02. The molecule has 0 heterocycles. The van der Waals surface area contributed by atoms with Gasteiger partial charge in [-0.25, -0.2) is 0 Å². The van der Waals surface area contributed by atoms with Gasteiger partial charge in [-0.3, -0.25) is 4.99 Å². The topological polar surface area (TPSA) is 38.4 Å². The molecule has 52 valence electrons. The molecule has 1 aliphatic carbocycles. The zero-order chi connectivity index (χ0) is 6.69. The maximum absolute atomic E-state index is 5.69. The van der Waals surface area contributed by atoms with Gasteiger partial charge in [0.25, 0.3) is 0 Å². The minimum absolute atomic E-state index is 0.273. The van der Waals surface area contributed by atoms with Crippen molar-refractivity contribution in [2.75, 3.05) is 6.54 Å². The van der Waals surface area contributed by atoms with Gasteiger partial charge in [-0.15, -0.1) is 0 Å². The van der Waals surface area contributed by atoms with E-state index in [1.165, 1.54) is 12.8 Å². The van der Waals surface area contributed by atoms with Crippen LogP contribution in [0.25, 0.3) is 0 Å². The zero-order valence-electron chi connectivity index (χ0n) is 5.71. The summed E-state index contributed by atoms with van der Waals surface area (Å²) in [6.45, 7) is 4.13. The zero-order valence-corrected chi connectivity index (χ0v) is 5.71. The molecule has 1 aliphatic rings. The first-order valence-corrected chi connectivity index (χ1v) is 3.51. The van der Waals surface area contributed by atoms with Crippen LogP contribution >= 0.6 is 0 Å². The Hall–Kier alpha value is -0.370. The molecule has 0 spiro atoms. The van der Waals surface area contributed by atoms with E-state index >= 15 is 0 Å². The highest BCUT2D eigenvalue weighted by Gasteiger charge is 2.23. The van der Waals surface area contributed by atoms with Crippen LogP contribution in [0.15, 0.2) is 4.99 Å². The molecule has 2 heteroatoms. The van der Waals surface area contributed by atoms with Crippen molar-refractivity contribution in [1.82, 2.24) is 0 Å². The lowest BCUT2D eigenvalue weighted by Crippen LogP contribution is -2.23. The van der Waals surface area contributed by atoms with E-state index in [1.54, 1.807) is 0 Å². The average Bonchev–Trinajstić information content (AvgIpc) is 2.50. The Bertz CT molecular complexity index is 97.1. The summed E-state index contributed by atoms with van der Waals surface area (Å²) in [5.41, 5.74) is 5.69. The molecular weight excluding hydrogens is 112 g/mol. The summed E-state index contributed by atoms with van der Waals surface area (Å²) in [4.78, 5) is 3.74. The molecule has 2 N–H and O–H groups in total. The molecule has 1 atom stereocenters. The first-order chi connectivity index (χ1) is 4.33. The fourth-order valence-electron chi connectivity index (χ4n) is 1.02. The van der Waals surface area contributed by atoms with Crippen LogP contribution in [0.4, 0.5) is 0 Å². The van der Waals surface area contributed by atoms with E-state index in [-0.39, 0.29) is 6.04 Å². The van der Waals surface area contributed by atoms with Gasteiger partial charge in [-0.2, -0.15) is 0 Å². The van der Waals surface area contributed by atoms with Gasteiger partial charge in [0.05, 0.1) is 6.54 Å². The lowest BCUT2D eigenvalue weighted by Gasteiger charge is -2.04. The molecule has 0 amide bonds. The first-order valence-electron chi connectivity index (χ1n) is 3.51. The molecule has 1 unspecified atom stereocenters. The van der Waals surface area contributed by atoms with Gasteiger partial charge >= 0.3 is 0 Å². The minimum atomic E-state index is 0.273.